The fourth-order valence-corrected chi connectivity index (χ4v) is 3.89. The van der Waals surface area contributed by atoms with Crippen molar-refractivity contribution in [3.05, 3.63) is 0 Å². The van der Waals surface area contributed by atoms with Gasteiger partial charge in [0.15, 0.2) is 9.84 Å². The molecule has 112 valence electrons. The molecule has 1 atom stereocenters. The van der Waals surface area contributed by atoms with E-state index in [1.807, 2.05) is 6.92 Å². The zero-order chi connectivity index (χ0) is 14.6. The molecule has 0 spiro atoms. The lowest BCUT2D eigenvalue weighted by atomic mass is 10.1. The van der Waals surface area contributed by atoms with E-state index in [0.717, 1.165) is 0 Å². The minimum absolute atomic E-state index is 0.102. The van der Waals surface area contributed by atoms with Crippen LogP contribution in [0.15, 0.2) is 0 Å². The molecule has 0 aliphatic carbocycles. The van der Waals surface area contributed by atoms with Crippen LogP contribution in [0.2, 0.25) is 0 Å². The van der Waals surface area contributed by atoms with Crippen molar-refractivity contribution in [2.45, 2.75) is 13.3 Å². The number of sulfone groups is 1. The van der Waals surface area contributed by atoms with Gasteiger partial charge in [-0.05, 0) is 19.3 Å². The molecule has 0 saturated carbocycles. The van der Waals surface area contributed by atoms with Gasteiger partial charge >= 0.3 is 6.01 Å². The largest absolute Gasteiger partial charge is 0.467 e. The number of hydrogen-bond acceptors (Lipinski definition) is 8. The maximum Gasteiger partial charge on any atom is 0.322 e. The molecule has 0 aromatic carbocycles. The van der Waals surface area contributed by atoms with Crippen LogP contribution in [0.5, 0.6) is 6.01 Å². The number of anilines is 2. The van der Waals surface area contributed by atoms with Gasteiger partial charge in [0, 0.05) is 13.1 Å². The molecule has 2 N–H and O–H groups in total. The number of methoxy groups -OCH3 is 1. The fourth-order valence-electron chi connectivity index (χ4n) is 2.03. The van der Waals surface area contributed by atoms with Crippen molar-refractivity contribution in [3.8, 4) is 6.01 Å². The number of nitrogens with one attached hydrogen (secondary N) is 2. The molecular weight excluding hydrogens is 282 g/mol. The van der Waals surface area contributed by atoms with E-state index in [4.69, 9.17) is 4.74 Å². The van der Waals surface area contributed by atoms with Crippen LogP contribution in [0.1, 0.15) is 13.3 Å². The van der Waals surface area contributed by atoms with Crippen molar-refractivity contribution in [2.75, 3.05) is 42.3 Å². The van der Waals surface area contributed by atoms with Gasteiger partial charge in [0.2, 0.25) is 11.9 Å². The van der Waals surface area contributed by atoms with Gasteiger partial charge in [-0.25, -0.2) is 8.42 Å². The maximum atomic E-state index is 11.4. The lowest BCUT2D eigenvalue weighted by molar-refractivity contribution is 0.379. The summed E-state index contributed by atoms with van der Waals surface area (Å²) in [7, 11) is -1.38. The molecule has 20 heavy (non-hydrogen) atoms. The second-order valence-corrected chi connectivity index (χ2v) is 6.88. The summed E-state index contributed by atoms with van der Waals surface area (Å²) in [5, 5.41) is 6.04. The Morgan fingerprint density at radius 1 is 1.25 bits per heavy atom. The van der Waals surface area contributed by atoms with Gasteiger partial charge in [0.1, 0.15) is 0 Å². The molecule has 1 unspecified atom stereocenters. The van der Waals surface area contributed by atoms with Crippen LogP contribution in [0.3, 0.4) is 0 Å². The average molecular weight is 301 g/mol. The van der Waals surface area contributed by atoms with Crippen LogP contribution in [-0.2, 0) is 9.84 Å². The topological polar surface area (TPSA) is 106 Å². The number of ether oxygens (including phenoxy) is 1. The number of rotatable bonds is 6. The zero-order valence-electron chi connectivity index (χ0n) is 11.6. The van der Waals surface area contributed by atoms with E-state index in [1.165, 1.54) is 7.11 Å². The molecular formula is C11H19N5O3S. The van der Waals surface area contributed by atoms with Gasteiger partial charge in [-0.2, -0.15) is 15.0 Å². The summed E-state index contributed by atoms with van der Waals surface area (Å²) in [6, 6.07) is 0.220. The maximum absolute atomic E-state index is 11.4. The third kappa shape index (κ3) is 3.92. The lowest BCUT2D eigenvalue weighted by Gasteiger charge is -2.11. The van der Waals surface area contributed by atoms with E-state index in [1.54, 1.807) is 0 Å². The number of hydrogen-bond donors (Lipinski definition) is 2. The van der Waals surface area contributed by atoms with Crippen molar-refractivity contribution in [2.24, 2.45) is 5.92 Å². The first-order valence-corrected chi connectivity index (χ1v) is 8.33. The van der Waals surface area contributed by atoms with E-state index in [0.29, 0.717) is 31.4 Å². The van der Waals surface area contributed by atoms with Crippen LogP contribution >= 0.6 is 0 Å². The predicted octanol–water partition coefficient (Wildman–Crippen LogP) is 0.159. The van der Waals surface area contributed by atoms with Crippen molar-refractivity contribution in [1.29, 1.82) is 0 Å². The Balaban J connectivity index is 2.00. The van der Waals surface area contributed by atoms with Gasteiger partial charge in [0.25, 0.3) is 0 Å². The SMILES string of the molecule is CCNc1nc(NCC2CCS(=O)(=O)C2)nc(OC)n1. The van der Waals surface area contributed by atoms with Crippen molar-refractivity contribution < 1.29 is 13.2 Å². The summed E-state index contributed by atoms with van der Waals surface area (Å²) < 4.78 is 27.8. The number of aromatic nitrogens is 3. The molecule has 2 rings (SSSR count). The molecule has 1 aromatic rings. The molecule has 0 radical (unpaired) electrons. The van der Waals surface area contributed by atoms with Crippen LogP contribution in [0.4, 0.5) is 11.9 Å². The lowest BCUT2D eigenvalue weighted by Crippen LogP contribution is -2.18. The minimum atomic E-state index is -2.86. The molecule has 8 nitrogen and oxygen atoms in total. The first kappa shape index (κ1) is 14.8. The standard InChI is InChI=1S/C11H19N5O3S/c1-3-12-9-14-10(16-11(15-9)19-2)13-6-8-4-5-20(17,18)7-8/h8H,3-7H2,1-2H3,(H2,12,13,14,15,16). The highest BCUT2D eigenvalue weighted by atomic mass is 32.2. The Bertz CT molecular complexity index is 563. The molecule has 1 fully saturated rings. The van der Waals surface area contributed by atoms with E-state index < -0.39 is 9.84 Å². The smallest absolute Gasteiger partial charge is 0.322 e. The molecule has 1 saturated heterocycles. The predicted molar refractivity (Wildman–Crippen MR) is 75.8 cm³/mol. The third-order valence-electron chi connectivity index (χ3n) is 3.01. The minimum Gasteiger partial charge on any atom is -0.467 e. The summed E-state index contributed by atoms with van der Waals surface area (Å²) in [5.41, 5.74) is 0. The summed E-state index contributed by atoms with van der Waals surface area (Å²) in [6.45, 7) is 3.15. The summed E-state index contributed by atoms with van der Waals surface area (Å²) in [6.07, 6.45) is 0.678. The average Bonchev–Trinajstić information content (AvgIpc) is 2.76. The van der Waals surface area contributed by atoms with Gasteiger partial charge in [-0.3, -0.25) is 0 Å². The van der Waals surface area contributed by atoms with Crippen LogP contribution in [0, 0.1) is 5.92 Å². The molecule has 1 aromatic heterocycles. The van der Waals surface area contributed by atoms with Gasteiger partial charge in [0.05, 0.1) is 18.6 Å². The summed E-state index contributed by atoms with van der Waals surface area (Å²) >= 11 is 0. The van der Waals surface area contributed by atoms with E-state index in [2.05, 4.69) is 25.6 Å². The highest BCUT2D eigenvalue weighted by Crippen LogP contribution is 2.19. The Labute approximate surface area is 118 Å². The van der Waals surface area contributed by atoms with Crippen molar-refractivity contribution in [3.63, 3.8) is 0 Å². The van der Waals surface area contributed by atoms with Gasteiger partial charge in [-0.15, -0.1) is 0 Å². The van der Waals surface area contributed by atoms with Crippen molar-refractivity contribution in [1.82, 2.24) is 15.0 Å². The molecule has 0 amide bonds. The zero-order valence-corrected chi connectivity index (χ0v) is 12.4. The van der Waals surface area contributed by atoms with E-state index in [-0.39, 0.29) is 23.4 Å². The van der Waals surface area contributed by atoms with Crippen molar-refractivity contribution >= 4 is 21.7 Å². The molecule has 2 heterocycles. The van der Waals surface area contributed by atoms with E-state index >= 15 is 0 Å². The second-order valence-electron chi connectivity index (χ2n) is 4.65. The van der Waals surface area contributed by atoms with E-state index in [9.17, 15) is 8.42 Å². The Kier molecular flexibility index (Phi) is 4.58. The van der Waals surface area contributed by atoms with Crippen LogP contribution in [0.25, 0.3) is 0 Å². The first-order valence-electron chi connectivity index (χ1n) is 6.50. The molecule has 1 aliphatic rings. The second kappa shape index (κ2) is 6.21. The molecule has 1 aliphatic heterocycles. The van der Waals surface area contributed by atoms with Gasteiger partial charge < -0.3 is 15.4 Å². The monoisotopic (exact) mass is 301 g/mol. The van der Waals surface area contributed by atoms with Crippen LogP contribution < -0.4 is 15.4 Å². The Hall–Kier alpha value is -1.64. The Morgan fingerprint density at radius 3 is 2.50 bits per heavy atom. The molecule has 9 heteroatoms. The quantitative estimate of drug-likeness (QED) is 0.765. The Morgan fingerprint density at radius 2 is 1.95 bits per heavy atom. The summed E-state index contributed by atoms with van der Waals surface area (Å²) in [5.74, 6) is 1.41. The van der Waals surface area contributed by atoms with Crippen LogP contribution in [-0.4, -0.2) is 55.1 Å². The highest BCUT2D eigenvalue weighted by Gasteiger charge is 2.27. The molecule has 0 bridgehead atoms. The fraction of sp³-hybridized carbons (Fsp3) is 0.727. The number of nitrogens with zero attached hydrogens (tertiary/aromatic N) is 3. The summed E-state index contributed by atoms with van der Waals surface area (Å²) in [4.78, 5) is 12.3. The third-order valence-corrected chi connectivity index (χ3v) is 4.84. The highest BCUT2D eigenvalue weighted by molar-refractivity contribution is 7.91. The first-order chi connectivity index (χ1) is 9.52. The normalized spacial score (nSPS) is 20.6. The van der Waals surface area contributed by atoms with Gasteiger partial charge in [-0.1, -0.05) is 0 Å².